The third-order valence-electron chi connectivity index (χ3n) is 3.03. The molecule has 0 aliphatic carbocycles. The van der Waals surface area contributed by atoms with Crippen molar-refractivity contribution in [1.82, 2.24) is 0 Å². The summed E-state index contributed by atoms with van der Waals surface area (Å²) in [6.45, 7) is 6.02. The van der Waals surface area contributed by atoms with Crippen LogP contribution in [0.3, 0.4) is 0 Å². The topological polar surface area (TPSA) is 35.2 Å². The standard InChI is InChI=1S/C16H18ClNO/c1-11-4-9-14(15(17)10-11)16(2,3)19-13-7-5-12(18)6-8-13/h4-10H,18H2,1-3H3. The van der Waals surface area contributed by atoms with Gasteiger partial charge in [0.2, 0.25) is 0 Å². The maximum absolute atomic E-state index is 6.31. The minimum atomic E-state index is -0.499. The van der Waals surface area contributed by atoms with E-state index in [0.717, 1.165) is 27.6 Å². The average molecular weight is 276 g/mol. The van der Waals surface area contributed by atoms with Crippen LogP contribution in [0.5, 0.6) is 5.75 Å². The van der Waals surface area contributed by atoms with Gasteiger partial charge in [0, 0.05) is 16.3 Å². The van der Waals surface area contributed by atoms with Gasteiger partial charge in [-0.05, 0) is 56.7 Å². The van der Waals surface area contributed by atoms with Crippen molar-refractivity contribution in [1.29, 1.82) is 0 Å². The van der Waals surface area contributed by atoms with Crippen LogP contribution in [-0.4, -0.2) is 0 Å². The number of hydrogen-bond acceptors (Lipinski definition) is 2. The molecule has 0 saturated heterocycles. The van der Waals surface area contributed by atoms with Gasteiger partial charge in [-0.15, -0.1) is 0 Å². The summed E-state index contributed by atoms with van der Waals surface area (Å²) in [4.78, 5) is 0. The molecule has 0 radical (unpaired) electrons. The molecule has 0 atom stereocenters. The summed E-state index contributed by atoms with van der Waals surface area (Å²) in [6.07, 6.45) is 0. The average Bonchev–Trinajstić information content (AvgIpc) is 2.31. The van der Waals surface area contributed by atoms with Crippen LogP contribution in [0.2, 0.25) is 5.02 Å². The maximum atomic E-state index is 6.31. The Kier molecular flexibility index (Phi) is 3.72. The summed E-state index contributed by atoms with van der Waals surface area (Å²) >= 11 is 6.31. The van der Waals surface area contributed by atoms with E-state index in [2.05, 4.69) is 0 Å². The molecule has 2 aromatic carbocycles. The van der Waals surface area contributed by atoms with Gasteiger partial charge in [-0.25, -0.2) is 0 Å². The Bertz CT molecular complexity index is 576. The molecule has 0 aromatic heterocycles. The second kappa shape index (κ2) is 5.14. The summed E-state index contributed by atoms with van der Waals surface area (Å²) in [5, 5.41) is 0.723. The van der Waals surface area contributed by atoms with E-state index in [1.165, 1.54) is 0 Å². The molecule has 0 aliphatic heterocycles. The Morgan fingerprint density at radius 3 is 2.26 bits per heavy atom. The number of rotatable bonds is 3. The van der Waals surface area contributed by atoms with E-state index in [4.69, 9.17) is 22.1 Å². The fraction of sp³-hybridized carbons (Fsp3) is 0.250. The molecular weight excluding hydrogens is 258 g/mol. The fourth-order valence-electron chi connectivity index (χ4n) is 1.99. The number of benzene rings is 2. The van der Waals surface area contributed by atoms with Crippen LogP contribution in [0, 0.1) is 6.92 Å². The number of nitrogen functional groups attached to an aromatic ring is 1. The molecule has 0 unspecified atom stereocenters. The third-order valence-corrected chi connectivity index (χ3v) is 3.34. The molecule has 0 amide bonds. The zero-order valence-corrected chi connectivity index (χ0v) is 12.2. The summed E-state index contributed by atoms with van der Waals surface area (Å²) in [5.41, 5.74) is 7.99. The van der Waals surface area contributed by atoms with Crippen molar-refractivity contribution in [2.45, 2.75) is 26.4 Å². The van der Waals surface area contributed by atoms with Gasteiger partial charge in [0.25, 0.3) is 0 Å². The van der Waals surface area contributed by atoms with Crippen molar-refractivity contribution in [3.8, 4) is 5.75 Å². The number of halogens is 1. The number of anilines is 1. The number of ether oxygens (including phenoxy) is 1. The lowest BCUT2D eigenvalue weighted by atomic mass is 9.96. The first-order valence-electron chi connectivity index (χ1n) is 6.20. The van der Waals surface area contributed by atoms with Crippen molar-refractivity contribution in [2.24, 2.45) is 0 Å². The van der Waals surface area contributed by atoms with E-state index in [9.17, 15) is 0 Å². The minimum Gasteiger partial charge on any atom is -0.483 e. The van der Waals surface area contributed by atoms with E-state index < -0.39 is 5.60 Å². The number of hydrogen-bond donors (Lipinski definition) is 1. The van der Waals surface area contributed by atoms with Gasteiger partial charge in [0.15, 0.2) is 0 Å². The highest BCUT2D eigenvalue weighted by Gasteiger charge is 2.25. The normalized spacial score (nSPS) is 11.4. The van der Waals surface area contributed by atoms with Crippen molar-refractivity contribution in [3.63, 3.8) is 0 Å². The first-order chi connectivity index (χ1) is 8.88. The molecule has 100 valence electrons. The molecule has 2 rings (SSSR count). The Labute approximate surface area is 119 Å². The van der Waals surface area contributed by atoms with Crippen molar-refractivity contribution in [3.05, 3.63) is 58.6 Å². The third kappa shape index (κ3) is 3.21. The van der Waals surface area contributed by atoms with Crippen LogP contribution >= 0.6 is 11.6 Å². The molecule has 0 bridgehead atoms. The highest BCUT2D eigenvalue weighted by atomic mass is 35.5. The van der Waals surface area contributed by atoms with Crippen LogP contribution in [0.25, 0.3) is 0 Å². The first kappa shape index (κ1) is 13.8. The molecule has 2 aromatic rings. The van der Waals surface area contributed by atoms with E-state index in [-0.39, 0.29) is 0 Å². The quantitative estimate of drug-likeness (QED) is 0.835. The maximum Gasteiger partial charge on any atom is 0.130 e. The van der Waals surface area contributed by atoms with Gasteiger partial charge in [-0.1, -0.05) is 23.7 Å². The smallest absolute Gasteiger partial charge is 0.130 e. The Hall–Kier alpha value is -1.67. The monoisotopic (exact) mass is 275 g/mol. The van der Waals surface area contributed by atoms with E-state index in [0.29, 0.717) is 0 Å². The molecule has 0 saturated carbocycles. The summed E-state index contributed by atoms with van der Waals surface area (Å²) in [6, 6.07) is 13.4. The number of nitrogens with two attached hydrogens (primary N) is 1. The molecule has 0 aliphatic rings. The number of aryl methyl sites for hydroxylation is 1. The molecule has 0 spiro atoms. The summed E-state index contributed by atoms with van der Waals surface area (Å²) < 4.78 is 6.02. The lowest BCUT2D eigenvalue weighted by Crippen LogP contribution is -2.25. The SMILES string of the molecule is Cc1ccc(C(C)(C)Oc2ccc(N)cc2)c(Cl)c1. The predicted molar refractivity (Wildman–Crippen MR) is 80.7 cm³/mol. The minimum absolute atomic E-state index is 0.499. The fourth-order valence-corrected chi connectivity index (χ4v) is 2.46. The molecular formula is C16H18ClNO. The van der Waals surface area contributed by atoms with Crippen LogP contribution in [0.15, 0.2) is 42.5 Å². The van der Waals surface area contributed by atoms with Gasteiger partial charge >= 0.3 is 0 Å². The Morgan fingerprint density at radius 1 is 1.05 bits per heavy atom. The molecule has 3 heteroatoms. The second-order valence-corrected chi connectivity index (χ2v) is 5.57. The zero-order valence-electron chi connectivity index (χ0n) is 11.4. The van der Waals surface area contributed by atoms with Gasteiger partial charge < -0.3 is 10.5 Å². The molecule has 2 N–H and O–H groups in total. The van der Waals surface area contributed by atoms with Crippen molar-refractivity contribution >= 4 is 17.3 Å². The molecule has 0 fully saturated rings. The van der Waals surface area contributed by atoms with Crippen LogP contribution in [-0.2, 0) is 5.60 Å². The lowest BCUT2D eigenvalue weighted by molar-refractivity contribution is 0.109. The van der Waals surface area contributed by atoms with E-state index in [1.807, 2.05) is 63.2 Å². The van der Waals surface area contributed by atoms with E-state index in [1.54, 1.807) is 0 Å². The van der Waals surface area contributed by atoms with Gasteiger partial charge in [0.1, 0.15) is 11.4 Å². The highest BCUT2D eigenvalue weighted by Crippen LogP contribution is 2.33. The first-order valence-corrected chi connectivity index (χ1v) is 6.57. The van der Waals surface area contributed by atoms with Crippen LogP contribution < -0.4 is 10.5 Å². The van der Waals surface area contributed by atoms with Crippen molar-refractivity contribution in [2.75, 3.05) is 5.73 Å². The van der Waals surface area contributed by atoms with Crippen molar-refractivity contribution < 1.29 is 4.74 Å². The predicted octanol–water partition coefficient (Wildman–Crippen LogP) is 4.54. The summed E-state index contributed by atoms with van der Waals surface area (Å²) in [7, 11) is 0. The Morgan fingerprint density at radius 2 is 1.68 bits per heavy atom. The zero-order chi connectivity index (χ0) is 14.0. The largest absolute Gasteiger partial charge is 0.483 e. The van der Waals surface area contributed by atoms with Gasteiger partial charge in [0.05, 0.1) is 0 Å². The molecule has 0 heterocycles. The second-order valence-electron chi connectivity index (χ2n) is 5.16. The van der Waals surface area contributed by atoms with E-state index >= 15 is 0 Å². The molecule has 19 heavy (non-hydrogen) atoms. The van der Waals surface area contributed by atoms with Crippen LogP contribution in [0.4, 0.5) is 5.69 Å². The Balaban J connectivity index is 2.29. The summed E-state index contributed by atoms with van der Waals surface area (Å²) in [5.74, 6) is 0.774. The van der Waals surface area contributed by atoms with Gasteiger partial charge in [-0.2, -0.15) is 0 Å². The van der Waals surface area contributed by atoms with Gasteiger partial charge in [-0.3, -0.25) is 0 Å². The van der Waals surface area contributed by atoms with Crippen LogP contribution in [0.1, 0.15) is 25.0 Å². The highest BCUT2D eigenvalue weighted by molar-refractivity contribution is 6.31. The lowest BCUT2D eigenvalue weighted by Gasteiger charge is -2.28. The molecule has 2 nitrogen and oxygen atoms in total.